The lowest BCUT2D eigenvalue weighted by molar-refractivity contribution is -0.299. The largest absolute Gasteiger partial charge is 0.429 e. The first-order valence-electron chi connectivity index (χ1n) is 4.63. The van der Waals surface area contributed by atoms with Crippen molar-refractivity contribution in [2.75, 3.05) is 0 Å². The molecule has 102 valence electrons. The molecule has 1 atom stereocenters. The molecule has 0 aliphatic carbocycles. The lowest BCUT2D eigenvalue weighted by Crippen LogP contribution is -2.41. The molecule has 0 spiro atoms. The van der Waals surface area contributed by atoms with Gasteiger partial charge in [0.05, 0.1) is 0 Å². The van der Waals surface area contributed by atoms with Crippen LogP contribution >= 0.6 is 0 Å². The minimum Gasteiger partial charge on any atom is -0.429 e. The molecule has 0 N–H and O–H groups in total. The molecule has 8 heteroatoms. The van der Waals surface area contributed by atoms with Crippen molar-refractivity contribution in [3.05, 3.63) is 29.8 Å². The van der Waals surface area contributed by atoms with Crippen molar-refractivity contribution in [2.45, 2.75) is 19.2 Å². The molecule has 0 saturated heterocycles. The number of hydrogen-bond acceptors (Lipinski definition) is 1. The highest BCUT2D eigenvalue weighted by Gasteiger charge is 2.55. The molecule has 0 radical (unpaired) electrons. The van der Waals surface area contributed by atoms with Gasteiger partial charge in [-0.05, 0) is 19.1 Å². The van der Waals surface area contributed by atoms with Crippen molar-refractivity contribution in [3.63, 3.8) is 0 Å². The minimum absolute atomic E-state index is 0.178. The molecular formula is C10H7F7O. The summed E-state index contributed by atoms with van der Waals surface area (Å²) in [5, 5.41) is 0. The minimum atomic E-state index is -5.23. The summed E-state index contributed by atoms with van der Waals surface area (Å²) in [5.41, 5.74) is 0. The summed E-state index contributed by atoms with van der Waals surface area (Å²) < 4.78 is 91.7. The fourth-order valence-corrected chi connectivity index (χ4v) is 0.988. The number of benzene rings is 1. The number of alkyl halides is 5. The first-order valence-corrected chi connectivity index (χ1v) is 4.63. The van der Waals surface area contributed by atoms with Crippen LogP contribution in [0.4, 0.5) is 30.7 Å². The van der Waals surface area contributed by atoms with E-state index in [9.17, 15) is 30.7 Å². The molecule has 0 fully saturated rings. The Bertz CT molecular complexity index is 427. The van der Waals surface area contributed by atoms with Gasteiger partial charge in [0.2, 0.25) is 5.82 Å². The zero-order valence-corrected chi connectivity index (χ0v) is 8.86. The highest BCUT2D eigenvalue weighted by molar-refractivity contribution is 5.25. The van der Waals surface area contributed by atoms with Gasteiger partial charge in [-0.2, -0.15) is 26.3 Å². The summed E-state index contributed by atoms with van der Waals surface area (Å²) in [4.78, 5) is 0. The van der Waals surface area contributed by atoms with Crippen LogP contribution in [0.3, 0.4) is 0 Å². The Kier molecular flexibility index (Phi) is 3.78. The van der Waals surface area contributed by atoms with Crippen molar-refractivity contribution in [1.29, 1.82) is 0 Å². The average molecular weight is 276 g/mol. The van der Waals surface area contributed by atoms with Crippen LogP contribution in [0.25, 0.3) is 0 Å². The Hall–Kier alpha value is -1.47. The molecule has 0 saturated carbocycles. The number of hydrogen-bond donors (Lipinski definition) is 0. The third-order valence-electron chi connectivity index (χ3n) is 2.16. The second kappa shape index (κ2) is 4.66. The third-order valence-corrected chi connectivity index (χ3v) is 2.16. The van der Waals surface area contributed by atoms with Gasteiger partial charge in [0.15, 0.2) is 17.5 Å². The Balaban J connectivity index is 2.99. The number of ether oxygens (including phenoxy) is 1. The lowest BCUT2D eigenvalue weighted by atomic mass is 10.1. The van der Waals surface area contributed by atoms with Crippen LogP contribution in [0, 0.1) is 17.6 Å². The van der Waals surface area contributed by atoms with Gasteiger partial charge in [-0.15, -0.1) is 0 Å². The van der Waals surface area contributed by atoms with Gasteiger partial charge in [0.1, 0.15) is 0 Å². The molecular weight excluding hydrogens is 269 g/mol. The molecule has 1 aromatic carbocycles. The van der Waals surface area contributed by atoms with Crippen molar-refractivity contribution < 1.29 is 35.5 Å². The summed E-state index contributed by atoms with van der Waals surface area (Å²) in [6.07, 6.45) is -9.93. The van der Waals surface area contributed by atoms with Crippen LogP contribution in [0.2, 0.25) is 0 Å². The van der Waals surface area contributed by atoms with Crippen LogP contribution in [0.5, 0.6) is 5.75 Å². The van der Waals surface area contributed by atoms with Crippen LogP contribution in [-0.2, 0) is 0 Å². The molecule has 1 unspecified atom stereocenters. The van der Waals surface area contributed by atoms with Crippen LogP contribution in [0.1, 0.15) is 6.92 Å². The van der Waals surface area contributed by atoms with Crippen molar-refractivity contribution in [2.24, 2.45) is 5.92 Å². The monoisotopic (exact) mass is 276 g/mol. The van der Waals surface area contributed by atoms with E-state index in [1.54, 1.807) is 0 Å². The zero-order valence-electron chi connectivity index (χ0n) is 8.86. The molecule has 18 heavy (non-hydrogen) atoms. The molecule has 1 rings (SSSR count). The number of halogens is 7. The number of rotatable bonds is 3. The van der Waals surface area contributed by atoms with Gasteiger partial charge in [-0.25, -0.2) is 4.39 Å². The summed E-state index contributed by atoms with van der Waals surface area (Å²) in [6, 6.07) is 2.06. The van der Waals surface area contributed by atoms with Gasteiger partial charge in [-0.1, -0.05) is 6.07 Å². The van der Waals surface area contributed by atoms with E-state index in [-0.39, 0.29) is 6.92 Å². The van der Waals surface area contributed by atoms with Gasteiger partial charge < -0.3 is 4.74 Å². The van der Waals surface area contributed by atoms with E-state index in [0.717, 1.165) is 6.07 Å². The third kappa shape index (κ3) is 3.05. The van der Waals surface area contributed by atoms with Crippen molar-refractivity contribution >= 4 is 0 Å². The Labute approximate surface area is 97.2 Å². The van der Waals surface area contributed by atoms with E-state index in [1.165, 1.54) is 0 Å². The normalized spacial score (nSPS) is 14.4. The van der Waals surface area contributed by atoms with Gasteiger partial charge >= 0.3 is 12.3 Å². The molecule has 0 bridgehead atoms. The van der Waals surface area contributed by atoms with E-state index in [2.05, 4.69) is 4.74 Å². The second-order valence-corrected chi connectivity index (χ2v) is 3.48. The van der Waals surface area contributed by atoms with Crippen LogP contribution in [-0.4, -0.2) is 12.3 Å². The average Bonchev–Trinajstić information content (AvgIpc) is 2.22. The molecule has 0 aliphatic rings. The molecule has 1 aromatic rings. The summed E-state index contributed by atoms with van der Waals surface area (Å²) >= 11 is 0. The summed E-state index contributed by atoms with van der Waals surface area (Å²) in [5.74, 6) is -7.71. The Morgan fingerprint density at radius 2 is 1.61 bits per heavy atom. The fraction of sp³-hybridized carbons (Fsp3) is 0.400. The van der Waals surface area contributed by atoms with E-state index in [1.807, 2.05) is 0 Å². The predicted molar refractivity (Wildman–Crippen MR) is 47.2 cm³/mol. The second-order valence-electron chi connectivity index (χ2n) is 3.48. The van der Waals surface area contributed by atoms with E-state index in [4.69, 9.17) is 0 Å². The topological polar surface area (TPSA) is 9.23 Å². The molecule has 0 aromatic heterocycles. The Morgan fingerprint density at radius 1 is 1.06 bits per heavy atom. The fourth-order valence-electron chi connectivity index (χ4n) is 0.988. The first kappa shape index (κ1) is 14.6. The smallest absolute Gasteiger partial charge is 0.409 e. The predicted octanol–water partition coefficient (Wildman–Crippen LogP) is 4.13. The first-order chi connectivity index (χ1) is 8.05. The summed E-state index contributed by atoms with van der Waals surface area (Å²) in [7, 11) is 0. The molecule has 0 amide bonds. The van der Waals surface area contributed by atoms with Gasteiger partial charge in [0, 0.05) is 0 Å². The Morgan fingerprint density at radius 3 is 2.11 bits per heavy atom. The van der Waals surface area contributed by atoms with Crippen LogP contribution < -0.4 is 4.74 Å². The van der Waals surface area contributed by atoms with Gasteiger partial charge in [-0.3, -0.25) is 0 Å². The maximum atomic E-state index is 13.1. The molecule has 1 nitrogen and oxygen atoms in total. The molecule has 0 aliphatic heterocycles. The highest BCUT2D eigenvalue weighted by Crippen LogP contribution is 2.39. The summed E-state index contributed by atoms with van der Waals surface area (Å²) in [6.45, 7) is 0.178. The van der Waals surface area contributed by atoms with E-state index < -0.39 is 35.6 Å². The van der Waals surface area contributed by atoms with Crippen LogP contribution in [0.15, 0.2) is 18.2 Å². The molecule has 0 heterocycles. The maximum absolute atomic E-state index is 13.1. The van der Waals surface area contributed by atoms with Gasteiger partial charge in [0.25, 0.3) is 0 Å². The maximum Gasteiger partial charge on any atom is 0.409 e. The van der Waals surface area contributed by atoms with E-state index >= 15 is 0 Å². The zero-order chi connectivity index (χ0) is 14.1. The quantitative estimate of drug-likeness (QED) is 0.754. The van der Waals surface area contributed by atoms with Crippen molar-refractivity contribution in [3.8, 4) is 5.75 Å². The van der Waals surface area contributed by atoms with E-state index in [0.29, 0.717) is 12.1 Å². The standard InChI is InChI=1S/C10H7F7O/c1-5(9(13,14)15)10(16,17)18-7-4-2-3-6(11)8(7)12/h2-5H,1H3. The lowest BCUT2D eigenvalue weighted by Gasteiger charge is -2.25. The van der Waals surface area contributed by atoms with Crippen molar-refractivity contribution in [1.82, 2.24) is 0 Å². The highest BCUT2D eigenvalue weighted by atomic mass is 19.4. The SMILES string of the molecule is CC(C(F)(F)F)C(F)(F)Oc1cccc(F)c1F.